The second-order valence-electron chi connectivity index (χ2n) is 10.9. The summed E-state index contributed by atoms with van der Waals surface area (Å²) < 4.78 is 58.6. The van der Waals surface area contributed by atoms with Crippen LogP contribution in [0, 0.1) is 19.7 Å². The van der Waals surface area contributed by atoms with Gasteiger partial charge >= 0.3 is 12.1 Å². The number of hydrogen-bond acceptors (Lipinski definition) is 7. The summed E-state index contributed by atoms with van der Waals surface area (Å²) in [6.07, 6.45) is -0.188. The van der Waals surface area contributed by atoms with Gasteiger partial charge in [0.25, 0.3) is 5.91 Å². The molecule has 0 spiro atoms. The summed E-state index contributed by atoms with van der Waals surface area (Å²) >= 11 is 6.31. The van der Waals surface area contributed by atoms with Crippen molar-refractivity contribution in [2.24, 2.45) is 0 Å². The largest absolute Gasteiger partial charge is 0.480 e. The number of halogens is 5. The second kappa shape index (κ2) is 15.9. The summed E-state index contributed by atoms with van der Waals surface area (Å²) in [7, 11) is 3.78. The summed E-state index contributed by atoms with van der Waals surface area (Å²) in [4.78, 5) is 41.3. The zero-order chi connectivity index (χ0) is 35.1. The number of nitrogens with zero attached hydrogens (tertiary/aromatic N) is 3. The van der Waals surface area contributed by atoms with Crippen LogP contribution < -0.4 is 10.2 Å². The molecule has 47 heavy (non-hydrogen) atoms. The van der Waals surface area contributed by atoms with Gasteiger partial charge in [-0.2, -0.15) is 13.2 Å². The number of aromatic nitrogens is 1. The lowest BCUT2D eigenvalue weighted by atomic mass is 9.96. The highest BCUT2D eigenvalue weighted by Gasteiger charge is 2.45. The number of aliphatic carboxylic acids is 1. The topological polar surface area (TPSA) is 112 Å². The third-order valence-corrected chi connectivity index (χ3v) is 7.65. The molecule has 252 valence electrons. The molecule has 0 aliphatic carbocycles. The number of rotatable bonds is 8. The molecule has 1 aliphatic rings. The molecule has 2 N–H and O–H groups in total. The van der Waals surface area contributed by atoms with Crippen molar-refractivity contribution in [3.05, 3.63) is 87.5 Å². The maximum absolute atomic E-state index is 14.3. The average Bonchev–Trinajstić information content (AvgIpc) is 3.00. The fourth-order valence-corrected chi connectivity index (χ4v) is 5.24. The maximum atomic E-state index is 14.3. The molecule has 1 fully saturated rings. The lowest BCUT2D eigenvalue weighted by Gasteiger charge is -2.38. The molecule has 1 amide bonds. The van der Waals surface area contributed by atoms with Gasteiger partial charge in [0.2, 0.25) is 0 Å². The van der Waals surface area contributed by atoms with Crippen LogP contribution in [0.2, 0.25) is 0 Å². The Morgan fingerprint density at radius 1 is 1.19 bits per heavy atom. The van der Waals surface area contributed by atoms with Crippen LogP contribution in [0.4, 0.5) is 23.2 Å². The van der Waals surface area contributed by atoms with E-state index in [0.29, 0.717) is 10.6 Å². The zero-order valence-electron chi connectivity index (χ0n) is 26.4. The number of benzene rings is 2. The average molecular weight is 679 g/mol. The number of nitrogens with one attached hydrogen (secondary N) is 1. The van der Waals surface area contributed by atoms with E-state index in [1.807, 2.05) is 62.4 Å². The van der Waals surface area contributed by atoms with Crippen LogP contribution in [-0.4, -0.2) is 85.8 Å². The van der Waals surface area contributed by atoms with Crippen molar-refractivity contribution >= 4 is 51.9 Å². The highest BCUT2D eigenvalue weighted by atomic mass is 35.5. The Bertz CT molecular complexity index is 1690. The number of pyridine rings is 1. The molecule has 2 aromatic carbocycles. The number of carboxylic acids is 1. The number of allylic oxidation sites excluding steroid dienone is 3. The SMILES string of the molecule is CC(=C(/C=O)c1ccc(C)c2cccnc12)/C(Cl)=C\N(C)C.Cc1cc(N2CCOCC2C(F)(F)F)cc(F)c1C(=O)NCC(=O)O. The minimum Gasteiger partial charge on any atom is -0.480 e. The molecule has 0 radical (unpaired) electrons. The standard InChI is InChI=1S/C18H19ClN2O.C15H16F4N2O4/c1-12-7-8-15(18-14(12)6-5-9-20-18)16(11-22)13(2)17(19)10-21(3)4;1-8-4-9(21-2-3-25-7-11(21)15(17,18)19)5-10(16)13(8)14(24)20-6-12(22)23/h5-11H,1-4H3;4-5,11H,2-3,6-7H2,1H3,(H,20,24)(H,22,23)/b16-13+,17-10+;. The van der Waals surface area contributed by atoms with Crippen LogP contribution in [0.3, 0.4) is 0 Å². The number of morpholine rings is 1. The van der Waals surface area contributed by atoms with Crippen LogP contribution >= 0.6 is 11.6 Å². The number of amides is 1. The number of ether oxygens (including phenoxy) is 1. The van der Waals surface area contributed by atoms with Gasteiger partial charge in [-0.3, -0.25) is 19.4 Å². The van der Waals surface area contributed by atoms with Gasteiger partial charge in [0, 0.05) is 55.2 Å². The van der Waals surface area contributed by atoms with Crippen LogP contribution in [0.15, 0.2) is 59.4 Å². The van der Waals surface area contributed by atoms with Gasteiger partial charge in [-0.15, -0.1) is 0 Å². The smallest absolute Gasteiger partial charge is 0.411 e. The number of anilines is 1. The van der Waals surface area contributed by atoms with Gasteiger partial charge in [-0.25, -0.2) is 4.39 Å². The maximum Gasteiger partial charge on any atom is 0.411 e. The van der Waals surface area contributed by atoms with Crippen molar-refractivity contribution in [3.63, 3.8) is 0 Å². The summed E-state index contributed by atoms with van der Waals surface area (Å²) in [6.45, 7) is 3.97. The normalized spacial score (nSPS) is 15.7. The molecular formula is C33H35ClF4N4O5. The third-order valence-electron chi connectivity index (χ3n) is 7.27. The highest BCUT2D eigenvalue weighted by molar-refractivity contribution is 6.33. The first-order valence-corrected chi connectivity index (χ1v) is 14.7. The second-order valence-corrected chi connectivity index (χ2v) is 11.4. The van der Waals surface area contributed by atoms with E-state index < -0.39 is 48.6 Å². The van der Waals surface area contributed by atoms with Crippen molar-refractivity contribution in [1.29, 1.82) is 0 Å². The van der Waals surface area contributed by atoms with E-state index in [1.54, 1.807) is 12.4 Å². The fraction of sp³-hybridized carbons (Fsp3) is 0.333. The van der Waals surface area contributed by atoms with Crippen molar-refractivity contribution in [2.75, 3.05) is 45.3 Å². The first kappa shape index (κ1) is 37.0. The molecule has 1 aliphatic heterocycles. The van der Waals surface area contributed by atoms with Gasteiger partial charge in [0.15, 0.2) is 6.29 Å². The molecule has 9 nitrogen and oxygen atoms in total. The number of aryl methyl sites for hydroxylation is 2. The number of carbonyl (C=O) groups excluding carboxylic acids is 2. The number of carboxylic acid groups (broad SMARTS) is 1. The van der Waals surface area contributed by atoms with E-state index in [2.05, 4.69) is 4.98 Å². The number of fused-ring (bicyclic) bond motifs is 1. The quantitative estimate of drug-likeness (QED) is 0.132. The lowest BCUT2D eigenvalue weighted by Crippen LogP contribution is -2.53. The minimum atomic E-state index is -4.55. The first-order valence-electron chi connectivity index (χ1n) is 14.3. The molecule has 0 bridgehead atoms. The molecule has 0 saturated carbocycles. The monoisotopic (exact) mass is 678 g/mol. The predicted molar refractivity (Wildman–Crippen MR) is 172 cm³/mol. The molecule has 1 aromatic heterocycles. The van der Waals surface area contributed by atoms with Gasteiger partial charge in [-0.1, -0.05) is 29.8 Å². The zero-order valence-corrected chi connectivity index (χ0v) is 27.2. The Morgan fingerprint density at radius 2 is 1.89 bits per heavy atom. The Morgan fingerprint density at radius 3 is 2.49 bits per heavy atom. The molecular weight excluding hydrogens is 644 g/mol. The van der Waals surface area contributed by atoms with E-state index >= 15 is 0 Å². The number of carbonyl (C=O) groups is 3. The summed E-state index contributed by atoms with van der Waals surface area (Å²) in [5.74, 6) is -3.27. The Balaban J connectivity index is 0.000000257. The molecule has 3 aromatic rings. The van der Waals surface area contributed by atoms with Crippen molar-refractivity contribution in [2.45, 2.75) is 33.0 Å². The molecule has 2 heterocycles. The molecule has 14 heteroatoms. The van der Waals surface area contributed by atoms with Gasteiger partial charge in [0.1, 0.15) is 18.4 Å². The minimum absolute atomic E-state index is 0.0181. The van der Waals surface area contributed by atoms with Gasteiger partial charge < -0.3 is 25.0 Å². The number of aldehydes is 1. The van der Waals surface area contributed by atoms with Crippen molar-refractivity contribution in [3.8, 4) is 0 Å². The Hall–Kier alpha value is -4.49. The van der Waals surface area contributed by atoms with E-state index in [1.165, 1.54) is 13.0 Å². The van der Waals surface area contributed by atoms with Crippen molar-refractivity contribution in [1.82, 2.24) is 15.2 Å². The molecule has 4 rings (SSSR count). The van der Waals surface area contributed by atoms with E-state index in [0.717, 1.165) is 44.9 Å². The molecule has 1 unspecified atom stereocenters. The van der Waals surface area contributed by atoms with Gasteiger partial charge in [-0.05, 0) is 55.7 Å². The van der Waals surface area contributed by atoms with Crippen LogP contribution in [-0.2, 0) is 14.3 Å². The highest BCUT2D eigenvalue weighted by Crippen LogP contribution is 2.33. The Kier molecular flexibility index (Phi) is 12.5. The predicted octanol–water partition coefficient (Wildman–Crippen LogP) is 5.87. The Labute approximate surface area is 274 Å². The van der Waals surface area contributed by atoms with E-state index in [9.17, 15) is 31.9 Å². The third kappa shape index (κ3) is 9.29. The number of alkyl halides is 3. The van der Waals surface area contributed by atoms with Crippen LogP contribution in [0.25, 0.3) is 16.5 Å². The summed E-state index contributed by atoms with van der Waals surface area (Å²) in [5, 5.41) is 12.1. The number of hydrogen-bond donors (Lipinski definition) is 2. The summed E-state index contributed by atoms with van der Waals surface area (Å²) in [5.41, 5.74) is 3.73. The summed E-state index contributed by atoms with van der Waals surface area (Å²) in [6, 6.07) is 8.03. The van der Waals surface area contributed by atoms with E-state index in [-0.39, 0.29) is 24.4 Å². The lowest BCUT2D eigenvalue weighted by molar-refractivity contribution is -0.167. The molecule has 1 saturated heterocycles. The van der Waals surface area contributed by atoms with E-state index in [4.69, 9.17) is 21.4 Å². The van der Waals surface area contributed by atoms with Crippen LogP contribution in [0.5, 0.6) is 0 Å². The fourth-order valence-electron chi connectivity index (χ4n) is 4.95. The first-order chi connectivity index (χ1) is 22.1. The van der Waals surface area contributed by atoms with Crippen LogP contribution in [0.1, 0.15) is 34.0 Å². The van der Waals surface area contributed by atoms with Gasteiger partial charge in [0.05, 0.1) is 29.3 Å². The van der Waals surface area contributed by atoms with Crippen molar-refractivity contribution < 1.29 is 41.8 Å². The molecule has 1 atom stereocenters.